The molecule has 0 aliphatic carbocycles. The fourth-order valence-corrected chi connectivity index (χ4v) is 3.21. The first-order valence-electron chi connectivity index (χ1n) is 9.21. The first-order valence-corrected chi connectivity index (χ1v) is 9.21. The second-order valence-corrected chi connectivity index (χ2v) is 6.68. The summed E-state index contributed by atoms with van der Waals surface area (Å²) in [6, 6.07) is 10.1. The number of rotatable bonds is 9. The van der Waals surface area contributed by atoms with Gasteiger partial charge in [0.25, 0.3) is 0 Å². The SMILES string of the molecule is CCOC(=O)C[C@H]1O[C@@H](CCCOCc2ccccc2)[C@@H](C)C[C@@H]1O. The Morgan fingerprint density at radius 3 is 2.76 bits per heavy atom. The molecule has 1 aromatic rings. The van der Waals surface area contributed by atoms with Crippen molar-refractivity contribution in [3.05, 3.63) is 35.9 Å². The fraction of sp³-hybridized carbons (Fsp3) is 0.650. The van der Waals surface area contributed by atoms with Crippen LogP contribution in [0.2, 0.25) is 0 Å². The molecule has 25 heavy (non-hydrogen) atoms. The number of esters is 1. The standard InChI is InChI=1S/C20H30O5/c1-3-24-20(22)13-19-17(21)12-15(2)18(25-19)10-7-11-23-14-16-8-5-4-6-9-16/h4-6,8-9,15,17-19,21H,3,7,10-14H2,1-2H3/t15-,17-,18-,19+/m0/s1. The molecule has 4 atom stereocenters. The van der Waals surface area contributed by atoms with Gasteiger partial charge in [-0.3, -0.25) is 4.79 Å². The van der Waals surface area contributed by atoms with Crippen LogP contribution in [0.25, 0.3) is 0 Å². The Morgan fingerprint density at radius 1 is 1.28 bits per heavy atom. The number of ether oxygens (including phenoxy) is 3. The van der Waals surface area contributed by atoms with Gasteiger partial charge in [-0.2, -0.15) is 0 Å². The number of aliphatic hydroxyl groups is 1. The lowest BCUT2D eigenvalue weighted by molar-refractivity contribution is -0.167. The van der Waals surface area contributed by atoms with Crippen molar-refractivity contribution < 1.29 is 24.1 Å². The summed E-state index contributed by atoms with van der Waals surface area (Å²) < 4.78 is 16.7. The topological polar surface area (TPSA) is 65.0 Å². The molecule has 0 spiro atoms. The highest BCUT2D eigenvalue weighted by molar-refractivity contribution is 5.70. The molecule has 5 nitrogen and oxygen atoms in total. The summed E-state index contributed by atoms with van der Waals surface area (Å²) in [7, 11) is 0. The average Bonchev–Trinajstić information content (AvgIpc) is 2.59. The van der Waals surface area contributed by atoms with Crippen molar-refractivity contribution in [1.29, 1.82) is 0 Å². The third-order valence-electron chi connectivity index (χ3n) is 4.59. The van der Waals surface area contributed by atoms with Crippen LogP contribution < -0.4 is 0 Å². The van der Waals surface area contributed by atoms with Crippen LogP contribution in [0.15, 0.2) is 30.3 Å². The zero-order valence-corrected chi connectivity index (χ0v) is 15.2. The Kier molecular flexibility index (Phi) is 8.38. The van der Waals surface area contributed by atoms with Gasteiger partial charge in [-0.25, -0.2) is 0 Å². The zero-order chi connectivity index (χ0) is 18.1. The van der Waals surface area contributed by atoms with Gasteiger partial charge in [0.1, 0.15) is 0 Å². The van der Waals surface area contributed by atoms with Crippen molar-refractivity contribution in [3.8, 4) is 0 Å². The molecular weight excluding hydrogens is 320 g/mol. The lowest BCUT2D eigenvalue weighted by Crippen LogP contribution is -2.44. The van der Waals surface area contributed by atoms with Crippen molar-refractivity contribution in [2.45, 2.75) is 64.4 Å². The van der Waals surface area contributed by atoms with E-state index < -0.39 is 12.2 Å². The second kappa shape index (κ2) is 10.5. The molecule has 0 bridgehead atoms. The van der Waals surface area contributed by atoms with E-state index in [1.807, 2.05) is 30.3 Å². The summed E-state index contributed by atoms with van der Waals surface area (Å²) in [4.78, 5) is 11.6. The van der Waals surface area contributed by atoms with Gasteiger partial charge in [-0.05, 0) is 37.7 Å². The molecule has 0 saturated carbocycles. The maximum atomic E-state index is 11.6. The first kappa shape index (κ1) is 19.9. The lowest BCUT2D eigenvalue weighted by atomic mass is 9.88. The molecule has 0 aromatic heterocycles. The monoisotopic (exact) mass is 350 g/mol. The van der Waals surface area contributed by atoms with Crippen LogP contribution in [0, 0.1) is 5.92 Å². The zero-order valence-electron chi connectivity index (χ0n) is 15.2. The highest BCUT2D eigenvalue weighted by Crippen LogP contribution is 2.29. The van der Waals surface area contributed by atoms with Crippen molar-refractivity contribution in [2.24, 2.45) is 5.92 Å². The molecule has 140 valence electrons. The minimum absolute atomic E-state index is 0.0446. The Bertz CT molecular complexity index is 504. The largest absolute Gasteiger partial charge is 0.466 e. The van der Waals surface area contributed by atoms with Gasteiger partial charge in [0.05, 0.1) is 37.9 Å². The predicted octanol–water partition coefficient (Wildman–Crippen LogP) is 3.09. The molecule has 5 heteroatoms. The van der Waals surface area contributed by atoms with E-state index in [1.54, 1.807) is 6.92 Å². The van der Waals surface area contributed by atoms with Gasteiger partial charge < -0.3 is 19.3 Å². The van der Waals surface area contributed by atoms with Gasteiger partial charge in [-0.15, -0.1) is 0 Å². The first-order chi connectivity index (χ1) is 12.1. The van der Waals surface area contributed by atoms with E-state index in [4.69, 9.17) is 14.2 Å². The van der Waals surface area contributed by atoms with Crippen LogP contribution in [0.1, 0.15) is 45.1 Å². The third kappa shape index (κ3) is 6.77. The molecular formula is C20H30O5. The summed E-state index contributed by atoms with van der Waals surface area (Å²) in [5, 5.41) is 10.2. The minimum atomic E-state index is -0.606. The summed E-state index contributed by atoms with van der Waals surface area (Å²) in [6.45, 7) is 5.49. The van der Waals surface area contributed by atoms with Gasteiger partial charge in [-0.1, -0.05) is 37.3 Å². The van der Waals surface area contributed by atoms with Crippen LogP contribution in [-0.4, -0.2) is 42.6 Å². The van der Waals surface area contributed by atoms with Crippen molar-refractivity contribution >= 4 is 5.97 Å². The molecule has 1 aromatic carbocycles. The Labute approximate surface area is 150 Å². The molecule has 1 N–H and O–H groups in total. The Morgan fingerprint density at radius 2 is 2.04 bits per heavy atom. The highest BCUT2D eigenvalue weighted by atomic mass is 16.5. The number of aliphatic hydroxyl groups excluding tert-OH is 1. The van der Waals surface area contributed by atoms with E-state index in [0.29, 0.717) is 26.2 Å². The molecule has 1 heterocycles. The van der Waals surface area contributed by atoms with Crippen LogP contribution in [0.3, 0.4) is 0 Å². The smallest absolute Gasteiger partial charge is 0.308 e. The van der Waals surface area contributed by atoms with E-state index in [-0.39, 0.29) is 24.4 Å². The number of hydrogen-bond acceptors (Lipinski definition) is 5. The molecule has 1 aliphatic heterocycles. The molecule has 1 fully saturated rings. The number of hydrogen-bond donors (Lipinski definition) is 1. The summed E-state index contributed by atoms with van der Waals surface area (Å²) in [6.07, 6.45) is 1.49. The maximum Gasteiger partial charge on any atom is 0.308 e. The highest BCUT2D eigenvalue weighted by Gasteiger charge is 2.35. The molecule has 0 unspecified atom stereocenters. The normalized spacial score (nSPS) is 26.4. The van der Waals surface area contributed by atoms with E-state index in [9.17, 15) is 9.90 Å². The maximum absolute atomic E-state index is 11.6. The Balaban J connectivity index is 1.69. The summed E-state index contributed by atoms with van der Waals surface area (Å²) >= 11 is 0. The van der Waals surface area contributed by atoms with Crippen molar-refractivity contribution in [1.82, 2.24) is 0 Å². The van der Waals surface area contributed by atoms with Crippen molar-refractivity contribution in [2.75, 3.05) is 13.2 Å². The number of carbonyl (C=O) groups is 1. The van der Waals surface area contributed by atoms with Crippen LogP contribution in [0.4, 0.5) is 0 Å². The molecule has 1 aliphatic rings. The van der Waals surface area contributed by atoms with Crippen LogP contribution >= 0.6 is 0 Å². The number of carbonyl (C=O) groups excluding carboxylic acids is 1. The van der Waals surface area contributed by atoms with Gasteiger partial charge >= 0.3 is 5.97 Å². The van der Waals surface area contributed by atoms with E-state index in [1.165, 1.54) is 5.56 Å². The molecule has 1 saturated heterocycles. The van der Waals surface area contributed by atoms with Crippen molar-refractivity contribution in [3.63, 3.8) is 0 Å². The van der Waals surface area contributed by atoms with Crippen LogP contribution in [-0.2, 0) is 25.6 Å². The van der Waals surface area contributed by atoms with E-state index >= 15 is 0 Å². The fourth-order valence-electron chi connectivity index (χ4n) is 3.21. The van der Waals surface area contributed by atoms with Gasteiger partial charge in [0.2, 0.25) is 0 Å². The predicted molar refractivity (Wildman–Crippen MR) is 95.0 cm³/mol. The average molecular weight is 350 g/mol. The summed E-state index contributed by atoms with van der Waals surface area (Å²) in [5.41, 5.74) is 1.17. The number of benzene rings is 1. The lowest BCUT2D eigenvalue weighted by Gasteiger charge is -2.38. The van der Waals surface area contributed by atoms with E-state index in [2.05, 4.69) is 6.92 Å². The van der Waals surface area contributed by atoms with Gasteiger partial charge in [0.15, 0.2) is 0 Å². The van der Waals surface area contributed by atoms with Gasteiger partial charge in [0, 0.05) is 6.61 Å². The minimum Gasteiger partial charge on any atom is -0.466 e. The second-order valence-electron chi connectivity index (χ2n) is 6.68. The molecule has 2 rings (SSSR count). The molecule has 0 amide bonds. The van der Waals surface area contributed by atoms with Crippen LogP contribution in [0.5, 0.6) is 0 Å². The summed E-state index contributed by atoms with van der Waals surface area (Å²) in [5.74, 6) is -0.0476. The quantitative estimate of drug-likeness (QED) is 0.548. The third-order valence-corrected chi connectivity index (χ3v) is 4.59. The molecule has 0 radical (unpaired) electrons. The Hall–Kier alpha value is -1.43. The van der Waals surface area contributed by atoms with E-state index in [0.717, 1.165) is 12.8 Å².